The zero-order chi connectivity index (χ0) is 14.3. The van der Waals surface area contributed by atoms with Crippen molar-refractivity contribution < 1.29 is 9.53 Å². The van der Waals surface area contributed by atoms with Crippen molar-refractivity contribution in [3.8, 4) is 12.3 Å². The smallest absolute Gasteiger partial charge is 0.330 e. The van der Waals surface area contributed by atoms with Crippen LogP contribution in [-0.2, 0) is 21.5 Å². The van der Waals surface area contributed by atoms with E-state index in [4.69, 9.17) is 11.2 Å². The monoisotopic (exact) mass is 259 g/mol. The van der Waals surface area contributed by atoms with Crippen molar-refractivity contribution in [3.63, 3.8) is 0 Å². The van der Waals surface area contributed by atoms with Crippen LogP contribution in [0.1, 0.15) is 31.9 Å². The molecule has 19 heavy (non-hydrogen) atoms. The van der Waals surface area contributed by atoms with Crippen LogP contribution < -0.4 is 5.32 Å². The Morgan fingerprint density at radius 3 is 2.47 bits per heavy atom. The van der Waals surface area contributed by atoms with E-state index in [1.807, 2.05) is 24.3 Å². The molecule has 3 heteroatoms. The average molecular weight is 259 g/mol. The summed E-state index contributed by atoms with van der Waals surface area (Å²) in [5.74, 6) is 2.18. The van der Waals surface area contributed by atoms with Gasteiger partial charge in [0.1, 0.15) is 5.54 Å². The number of carbonyl (C=O) groups is 1. The van der Waals surface area contributed by atoms with Crippen LogP contribution in [-0.4, -0.2) is 19.1 Å². The first kappa shape index (κ1) is 15.3. The van der Waals surface area contributed by atoms with Gasteiger partial charge in [-0.2, -0.15) is 0 Å². The van der Waals surface area contributed by atoms with Crippen molar-refractivity contribution in [1.29, 1.82) is 0 Å². The quantitative estimate of drug-likeness (QED) is 0.629. The molecule has 0 aliphatic heterocycles. The summed E-state index contributed by atoms with van der Waals surface area (Å²) in [7, 11) is 0. The molecule has 1 atom stereocenters. The van der Waals surface area contributed by atoms with Crippen LogP contribution in [0.25, 0.3) is 0 Å². The van der Waals surface area contributed by atoms with Gasteiger partial charge in [-0.15, -0.1) is 6.42 Å². The Balaban J connectivity index is 3.07. The van der Waals surface area contributed by atoms with E-state index in [2.05, 4.69) is 18.2 Å². The maximum absolute atomic E-state index is 12.2. The minimum absolute atomic E-state index is 0.310. The summed E-state index contributed by atoms with van der Waals surface area (Å²) < 4.78 is 5.15. The van der Waals surface area contributed by atoms with Crippen molar-refractivity contribution >= 4 is 5.97 Å². The molecule has 0 bridgehead atoms. The third-order valence-corrected chi connectivity index (χ3v) is 3.17. The van der Waals surface area contributed by atoms with E-state index in [1.165, 1.54) is 5.56 Å². The summed E-state index contributed by atoms with van der Waals surface area (Å²) in [6, 6.07) is 7.92. The molecule has 1 rings (SSSR count). The van der Waals surface area contributed by atoms with E-state index in [0.29, 0.717) is 13.2 Å². The predicted molar refractivity (Wildman–Crippen MR) is 76.6 cm³/mol. The minimum atomic E-state index is -0.908. The van der Waals surface area contributed by atoms with Gasteiger partial charge in [0, 0.05) is 0 Å². The lowest BCUT2D eigenvalue weighted by Crippen LogP contribution is -2.47. The summed E-state index contributed by atoms with van der Waals surface area (Å²) in [4.78, 5) is 12.2. The fraction of sp³-hybridized carbons (Fsp3) is 0.438. The molecule has 0 spiro atoms. The lowest BCUT2D eigenvalue weighted by atomic mass is 9.91. The maximum atomic E-state index is 12.2. The Hall–Kier alpha value is -1.79. The van der Waals surface area contributed by atoms with Gasteiger partial charge in [0.05, 0.1) is 13.2 Å². The van der Waals surface area contributed by atoms with Crippen molar-refractivity contribution in [2.75, 3.05) is 13.2 Å². The molecule has 0 saturated carbocycles. The first-order valence-corrected chi connectivity index (χ1v) is 6.53. The molecule has 0 aromatic heterocycles. The van der Waals surface area contributed by atoms with Gasteiger partial charge >= 0.3 is 5.97 Å². The third-order valence-electron chi connectivity index (χ3n) is 3.17. The van der Waals surface area contributed by atoms with Crippen molar-refractivity contribution in [3.05, 3.63) is 35.4 Å². The highest BCUT2D eigenvalue weighted by molar-refractivity contribution is 5.82. The number of hydrogen-bond acceptors (Lipinski definition) is 3. The van der Waals surface area contributed by atoms with Crippen LogP contribution in [0.3, 0.4) is 0 Å². The van der Waals surface area contributed by atoms with Gasteiger partial charge in [-0.25, -0.2) is 4.79 Å². The first-order valence-electron chi connectivity index (χ1n) is 6.53. The second kappa shape index (κ2) is 6.96. The van der Waals surface area contributed by atoms with E-state index in [9.17, 15) is 4.79 Å². The Bertz CT molecular complexity index is 459. The Kier molecular flexibility index (Phi) is 5.59. The molecule has 0 heterocycles. The summed E-state index contributed by atoms with van der Waals surface area (Å²) in [5.41, 5.74) is 1.18. The lowest BCUT2D eigenvalue weighted by molar-refractivity contribution is -0.150. The molecule has 0 saturated heterocycles. The molecular formula is C16H21NO2. The van der Waals surface area contributed by atoms with E-state index >= 15 is 0 Å². The fourth-order valence-corrected chi connectivity index (χ4v) is 1.87. The summed E-state index contributed by atoms with van der Waals surface area (Å²) in [6.07, 6.45) is 6.24. The lowest BCUT2D eigenvalue weighted by Gasteiger charge is -2.28. The second-order valence-electron chi connectivity index (χ2n) is 4.45. The van der Waals surface area contributed by atoms with E-state index in [0.717, 1.165) is 12.0 Å². The first-order chi connectivity index (χ1) is 9.08. The number of hydrogen-bond donors (Lipinski definition) is 1. The van der Waals surface area contributed by atoms with Crippen molar-refractivity contribution in [2.24, 2.45) is 0 Å². The molecular weight excluding hydrogens is 238 g/mol. The van der Waals surface area contributed by atoms with Gasteiger partial charge < -0.3 is 4.74 Å². The van der Waals surface area contributed by atoms with E-state index < -0.39 is 5.54 Å². The maximum Gasteiger partial charge on any atom is 0.330 e. The largest absolute Gasteiger partial charge is 0.464 e. The molecule has 102 valence electrons. The average Bonchev–Trinajstić information content (AvgIpc) is 2.45. The molecule has 0 aliphatic carbocycles. The van der Waals surface area contributed by atoms with Gasteiger partial charge in [0.25, 0.3) is 0 Å². The highest BCUT2D eigenvalue weighted by Crippen LogP contribution is 2.23. The predicted octanol–water partition coefficient (Wildman–Crippen LogP) is 2.25. The van der Waals surface area contributed by atoms with Gasteiger partial charge in [-0.3, -0.25) is 5.32 Å². The number of terminal acetylenes is 1. The fourth-order valence-electron chi connectivity index (χ4n) is 1.87. The molecule has 1 aromatic rings. The van der Waals surface area contributed by atoms with Crippen LogP contribution in [0.15, 0.2) is 24.3 Å². The number of benzene rings is 1. The minimum Gasteiger partial charge on any atom is -0.464 e. The summed E-state index contributed by atoms with van der Waals surface area (Å²) >= 11 is 0. The number of rotatable bonds is 6. The number of aryl methyl sites for hydroxylation is 1. The van der Waals surface area contributed by atoms with Gasteiger partial charge in [-0.05, 0) is 31.4 Å². The highest BCUT2D eigenvalue weighted by Gasteiger charge is 2.35. The number of carbonyl (C=O) groups excluding carboxylic acids is 1. The highest BCUT2D eigenvalue weighted by atomic mass is 16.5. The topological polar surface area (TPSA) is 38.3 Å². The zero-order valence-corrected chi connectivity index (χ0v) is 11.8. The SMILES string of the molecule is C#CCNC(C)(C(=O)OCC)c1ccc(CC)cc1. The zero-order valence-electron chi connectivity index (χ0n) is 11.8. The molecule has 1 N–H and O–H groups in total. The van der Waals surface area contributed by atoms with Crippen molar-refractivity contribution in [1.82, 2.24) is 5.32 Å². The molecule has 0 aliphatic rings. The summed E-state index contributed by atoms with van der Waals surface area (Å²) in [5, 5.41) is 3.07. The van der Waals surface area contributed by atoms with Crippen LogP contribution >= 0.6 is 0 Å². The third kappa shape index (κ3) is 3.59. The number of ether oxygens (including phenoxy) is 1. The van der Waals surface area contributed by atoms with Gasteiger partial charge in [0.2, 0.25) is 0 Å². The second-order valence-corrected chi connectivity index (χ2v) is 4.45. The molecule has 1 aromatic carbocycles. The Labute approximate surface area is 115 Å². The number of esters is 1. The molecule has 0 radical (unpaired) electrons. The van der Waals surface area contributed by atoms with Gasteiger partial charge in [-0.1, -0.05) is 37.1 Å². The Morgan fingerprint density at radius 2 is 2.00 bits per heavy atom. The normalized spacial score (nSPS) is 13.4. The van der Waals surface area contributed by atoms with Gasteiger partial charge in [0.15, 0.2) is 0 Å². The standard InChI is InChI=1S/C16H21NO2/c1-5-12-17-16(4,15(18)19-7-3)14-10-8-13(6-2)9-11-14/h1,8-11,17H,6-7,12H2,2-4H3. The Morgan fingerprint density at radius 1 is 1.37 bits per heavy atom. The summed E-state index contributed by atoms with van der Waals surface area (Å²) in [6.45, 7) is 6.34. The van der Waals surface area contributed by atoms with Crippen LogP contribution in [0.2, 0.25) is 0 Å². The van der Waals surface area contributed by atoms with Crippen LogP contribution in [0.4, 0.5) is 0 Å². The van der Waals surface area contributed by atoms with Crippen LogP contribution in [0, 0.1) is 12.3 Å². The molecule has 1 unspecified atom stereocenters. The van der Waals surface area contributed by atoms with E-state index in [-0.39, 0.29) is 5.97 Å². The van der Waals surface area contributed by atoms with Crippen LogP contribution in [0.5, 0.6) is 0 Å². The molecule has 0 fully saturated rings. The van der Waals surface area contributed by atoms with Crippen molar-refractivity contribution in [2.45, 2.75) is 32.7 Å². The molecule has 3 nitrogen and oxygen atoms in total. The van der Waals surface area contributed by atoms with E-state index in [1.54, 1.807) is 13.8 Å². The molecule has 0 amide bonds. The number of nitrogens with one attached hydrogen (secondary N) is 1.